The van der Waals surface area contributed by atoms with E-state index in [0.29, 0.717) is 11.1 Å². The second-order valence-corrected chi connectivity index (χ2v) is 8.29. The van der Waals surface area contributed by atoms with Crippen molar-refractivity contribution >= 4 is 39.9 Å². The van der Waals surface area contributed by atoms with E-state index in [2.05, 4.69) is 40.0 Å². The first-order valence-corrected chi connectivity index (χ1v) is 10.5. The topological polar surface area (TPSA) is 50.9 Å². The van der Waals surface area contributed by atoms with Crippen LogP contribution in [0.5, 0.6) is 0 Å². The zero-order valence-corrected chi connectivity index (χ0v) is 17.1. The lowest BCUT2D eigenvalue weighted by molar-refractivity contribution is 0.0962. The van der Waals surface area contributed by atoms with E-state index in [0.717, 1.165) is 41.9 Å². The molecule has 2 aliphatic heterocycles. The van der Waals surface area contributed by atoms with Crippen LogP contribution in [0.15, 0.2) is 40.4 Å². The van der Waals surface area contributed by atoms with Gasteiger partial charge < -0.3 is 9.30 Å². The molecule has 1 N–H and O–H groups in total. The van der Waals surface area contributed by atoms with Gasteiger partial charge in [-0.1, -0.05) is 29.4 Å². The molecule has 1 fully saturated rings. The van der Waals surface area contributed by atoms with Crippen LogP contribution in [-0.2, 0) is 11.3 Å². The smallest absolute Gasteiger partial charge is 0.182 e. The highest BCUT2D eigenvalue weighted by atomic mass is 35.5. The van der Waals surface area contributed by atoms with Crippen molar-refractivity contribution in [3.63, 3.8) is 0 Å². The number of ether oxygens (including phenoxy) is 1. The predicted molar refractivity (Wildman–Crippen MR) is 114 cm³/mol. The molecule has 5 nitrogen and oxygen atoms in total. The second-order valence-electron chi connectivity index (χ2n) is 6.89. The third-order valence-electron chi connectivity index (χ3n) is 4.97. The molecule has 3 heterocycles. The number of amidine groups is 1. The van der Waals surface area contributed by atoms with Crippen molar-refractivity contribution in [2.45, 2.75) is 39.3 Å². The number of hydrogen-bond acceptors (Lipinski definition) is 4. The Balaban J connectivity index is 1.50. The number of nitrogens with one attached hydrogen (secondary N) is 1. The number of aryl methyl sites for hydroxylation is 1. The summed E-state index contributed by atoms with van der Waals surface area (Å²) in [5.41, 5.74) is 8.67. The predicted octanol–water partition coefficient (Wildman–Crippen LogP) is 4.67. The van der Waals surface area contributed by atoms with Crippen LogP contribution < -0.4 is 5.43 Å². The van der Waals surface area contributed by atoms with Crippen molar-refractivity contribution in [1.82, 2.24) is 9.99 Å². The Hall–Kier alpha value is -1.76. The van der Waals surface area contributed by atoms with Crippen molar-refractivity contribution in [3.05, 3.63) is 52.3 Å². The van der Waals surface area contributed by atoms with Gasteiger partial charge in [0, 0.05) is 40.9 Å². The molecule has 0 amide bonds. The first-order chi connectivity index (χ1) is 13.1. The van der Waals surface area contributed by atoms with Gasteiger partial charge in [0.15, 0.2) is 5.17 Å². The number of halogens is 1. The highest BCUT2D eigenvalue weighted by Crippen LogP contribution is 2.25. The Kier molecular flexibility index (Phi) is 5.57. The van der Waals surface area contributed by atoms with E-state index >= 15 is 0 Å². The fourth-order valence-electron chi connectivity index (χ4n) is 3.54. The number of aliphatic imine (C=N–C) groups is 1. The molecule has 7 heteroatoms. The Labute approximate surface area is 168 Å². The van der Waals surface area contributed by atoms with Crippen LogP contribution >= 0.6 is 23.4 Å². The van der Waals surface area contributed by atoms with E-state index in [1.165, 1.54) is 23.4 Å². The summed E-state index contributed by atoms with van der Waals surface area (Å²) in [7, 11) is 0. The number of aromatic nitrogens is 1. The van der Waals surface area contributed by atoms with Crippen LogP contribution in [0, 0.1) is 13.8 Å². The van der Waals surface area contributed by atoms with Crippen LogP contribution in [-0.4, -0.2) is 33.9 Å². The van der Waals surface area contributed by atoms with E-state index in [1.54, 1.807) is 11.8 Å². The van der Waals surface area contributed by atoms with Crippen molar-refractivity contribution in [1.29, 1.82) is 0 Å². The summed E-state index contributed by atoms with van der Waals surface area (Å²) in [6.07, 6.45) is 2.65. The molecule has 2 aromatic rings. The lowest BCUT2D eigenvalue weighted by atomic mass is 10.1. The molecule has 1 aromatic heterocycles. The van der Waals surface area contributed by atoms with Gasteiger partial charge in [0.2, 0.25) is 0 Å². The molecule has 1 aromatic carbocycles. The summed E-state index contributed by atoms with van der Waals surface area (Å²) in [6.45, 7) is 6.13. The molecule has 0 saturated carbocycles. The van der Waals surface area contributed by atoms with Gasteiger partial charge in [0.25, 0.3) is 0 Å². The molecule has 0 aliphatic carbocycles. The molecule has 27 heavy (non-hydrogen) atoms. The van der Waals surface area contributed by atoms with Crippen LogP contribution in [0.4, 0.5) is 5.69 Å². The molecule has 1 atom stereocenters. The Morgan fingerprint density at radius 1 is 1.37 bits per heavy atom. The molecule has 0 radical (unpaired) electrons. The van der Waals surface area contributed by atoms with Crippen molar-refractivity contribution in [2.75, 3.05) is 12.4 Å². The average Bonchev–Trinajstić information content (AvgIpc) is 3.26. The lowest BCUT2D eigenvalue weighted by Crippen LogP contribution is -2.25. The lowest BCUT2D eigenvalue weighted by Gasteiger charge is -2.17. The summed E-state index contributed by atoms with van der Waals surface area (Å²) in [5, 5.41) is 6.05. The fraction of sp³-hybridized carbons (Fsp3) is 0.400. The highest BCUT2D eigenvalue weighted by molar-refractivity contribution is 8.14. The number of hydrogen-bond donors (Lipinski definition) is 1. The first-order valence-electron chi connectivity index (χ1n) is 9.18. The van der Waals surface area contributed by atoms with Crippen molar-refractivity contribution in [2.24, 2.45) is 10.1 Å². The monoisotopic (exact) mass is 402 g/mol. The van der Waals surface area contributed by atoms with E-state index in [1.807, 2.05) is 24.3 Å². The summed E-state index contributed by atoms with van der Waals surface area (Å²) in [4.78, 5) is 4.58. The van der Waals surface area contributed by atoms with Crippen LogP contribution in [0.1, 0.15) is 29.8 Å². The van der Waals surface area contributed by atoms with Crippen molar-refractivity contribution in [3.8, 4) is 0 Å². The van der Waals surface area contributed by atoms with E-state index in [4.69, 9.17) is 16.3 Å². The van der Waals surface area contributed by atoms with Gasteiger partial charge in [-0.25, -0.2) is 4.99 Å². The molecule has 0 spiro atoms. The summed E-state index contributed by atoms with van der Waals surface area (Å²) < 4.78 is 8.16. The van der Waals surface area contributed by atoms with Gasteiger partial charge in [0.05, 0.1) is 17.5 Å². The maximum Gasteiger partial charge on any atom is 0.182 e. The molecular weight excluding hydrogens is 380 g/mol. The van der Waals surface area contributed by atoms with Gasteiger partial charge in [-0.15, -0.1) is 0 Å². The fourth-order valence-corrected chi connectivity index (χ4v) is 4.50. The number of rotatable bonds is 4. The molecule has 1 unspecified atom stereocenters. The number of hydrazone groups is 1. The zero-order valence-electron chi connectivity index (χ0n) is 15.5. The van der Waals surface area contributed by atoms with Crippen LogP contribution in [0.3, 0.4) is 0 Å². The van der Waals surface area contributed by atoms with Gasteiger partial charge in [-0.05, 0) is 51.0 Å². The SMILES string of the molecule is Cc1cc(C2=NNC(=Nc3cccc(Cl)c3)SC2)c(C)n1CC1CCCO1. The standard InChI is InChI=1S/C20H23ClN4OS/c1-13-9-18(14(2)25(13)11-17-7-4-8-26-17)19-12-27-20(24-23-19)22-16-6-3-5-15(21)10-16/h3,5-6,9-10,17H,4,7-8,11-12H2,1-2H3,(H,22,24). The van der Waals surface area contributed by atoms with Gasteiger partial charge in [-0.3, -0.25) is 5.43 Å². The third kappa shape index (κ3) is 4.23. The normalized spacial score (nSPS) is 21.4. The summed E-state index contributed by atoms with van der Waals surface area (Å²) >= 11 is 7.68. The zero-order chi connectivity index (χ0) is 18.8. The van der Waals surface area contributed by atoms with Crippen LogP contribution in [0.25, 0.3) is 0 Å². The largest absolute Gasteiger partial charge is 0.376 e. The van der Waals surface area contributed by atoms with Gasteiger partial charge in [-0.2, -0.15) is 5.10 Å². The maximum absolute atomic E-state index is 6.03. The molecule has 4 rings (SSSR count). The minimum atomic E-state index is 0.333. The minimum absolute atomic E-state index is 0.333. The second kappa shape index (κ2) is 8.09. The quantitative estimate of drug-likeness (QED) is 0.808. The number of thioether (sulfide) groups is 1. The van der Waals surface area contributed by atoms with E-state index < -0.39 is 0 Å². The third-order valence-corrected chi connectivity index (χ3v) is 6.07. The molecular formula is C20H23ClN4OS. The highest BCUT2D eigenvalue weighted by Gasteiger charge is 2.22. The van der Waals surface area contributed by atoms with E-state index in [-0.39, 0.29) is 0 Å². The number of benzene rings is 1. The summed E-state index contributed by atoms with van der Waals surface area (Å²) in [5.74, 6) is 0.788. The van der Waals surface area contributed by atoms with Crippen molar-refractivity contribution < 1.29 is 4.74 Å². The molecule has 142 valence electrons. The van der Waals surface area contributed by atoms with Gasteiger partial charge in [0.1, 0.15) is 0 Å². The van der Waals surface area contributed by atoms with Gasteiger partial charge >= 0.3 is 0 Å². The first kappa shape index (κ1) is 18.6. The molecule has 2 aliphatic rings. The minimum Gasteiger partial charge on any atom is -0.376 e. The van der Waals surface area contributed by atoms with Crippen LogP contribution in [0.2, 0.25) is 5.02 Å². The summed E-state index contributed by atoms with van der Waals surface area (Å²) in [6, 6.07) is 9.74. The molecule has 0 bridgehead atoms. The number of nitrogens with zero attached hydrogens (tertiary/aromatic N) is 3. The molecule has 1 saturated heterocycles. The maximum atomic E-state index is 6.03. The Morgan fingerprint density at radius 3 is 2.96 bits per heavy atom. The Morgan fingerprint density at radius 2 is 2.26 bits per heavy atom. The average molecular weight is 403 g/mol. The van der Waals surface area contributed by atoms with E-state index in [9.17, 15) is 0 Å². The Bertz CT molecular complexity index is 899.